The number of furan rings is 1. The molecule has 0 N–H and O–H groups in total. The summed E-state index contributed by atoms with van der Waals surface area (Å²) in [5.74, 6) is 0. The third-order valence-electron chi connectivity index (χ3n) is 11.7. The second kappa shape index (κ2) is 9.99. The first-order valence-corrected chi connectivity index (χ1v) is 19.3. The summed E-state index contributed by atoms with van der Waals surface area (Å²) < 4.78 is 11.9. The number of para-hydroxylation sites is 1. The fraction of sp³-hybridized carbons (Fsp3) is 0.191. The van der Waals surface area contributed by atoms with E-state index in [1.807, 2.05) is 11.3 Å². The van der Waals surface area contributed by atoms with Crippen LogP contribution in [0.1, 0.15) is 58.2 Å². The molecule has 0 saturated heterocycles. The molecule has 3 nitrogen and oxygen atoms in total. The first-order valence-electron chi connectivity index (χ1n) is 18.5. The maximum Gasteiger partial charge on any atom is 0.252 e. The van der Waals surface area contributed by atoms with Crippen molar-refractivity contribution in [2.45, 2.75) is 59.3 Å². The van der Waals surface area contributed by atoms with Gasteiger partial charge in [0.05, 0.1) is 26.8 Å². The zero-order valence-electron chi connectivity index (χ0n) is 30.7. The van der Waals surface area contributed by atoms with Gasteiger partial charge in [-0.3, -0.25) is 0 Å². The summed E-state index contributed by atoms with van der Waals surface area (Å²) in [5.41, 5.74) is 17.5. The van der Waals surface area contributed by atoms with Crippen molar-refractivity contribution in [1.29, 1.82) is 0 Å². The van der Waals surface area contributed by atoms with Crippen LogP contribution in [-0.4, -0.2) is 11.3 Å². The van der Waals surface area contributed by atoms with Gasteiger partial charge in [-0.1, -0.05) is 102 Å². The highest BCUT2D eigenvalue weighted by atomic mass is 32.1. The minimum absolute atomic E-state index is 0.0101. The van der Waals surface area contributed by atoms with Crippen LogP contribution in [0.25, 0.3) is 58.8 Å². The van der Waals surface area contributed by atoms with Crippen LogP contribution in [0.2, 0.25) is 0 Å². The fourth-order valence-electron chi connectivity index (χ4n) is 9.21. The summed E-state index contributed by atoms with van der Waals surface area (Å²) in [6.45, 7) is 16.4. The van der Waals surface area contributed by atoms with Gasteiger partial charge < -0.3 is 13.9 Å². The van der Waals surface area contributed by atoms with Crippen molar-refractivity contribution in [2.24, 2.45) is 0 Å². The Balaban J connectivity index is 1.34. The molecule has 3 aromatic heterocycles. The van der Waals surface area contributed by atoms with Gasteiger partial charge in [0.1, 0.15) is 11.2 Å². The predicted octanol–water partition coefficient (Wildman–Crippen LogP) is 11.4. The van der Waals surface area contributed by atoms with E-state index in [-0.39, 0.29) is 17.5 Å². The van der Waals surface area contributed by atoms with Gasteiger partial charge in [-0.25, -0.2) is 0 Å². The number of anilines is 3. The number of hydrogen-bond donors (Lipinski definition) is 0. The first-order chi connectivity index (χ1) is 25.0. The SMILES string of the molecule is Cc1cc2c3c(c1)-n1c4c(cc(C(C)(C)C)cc4c4sc5ccccc5c41)B3c1ccc(C(C)(C)C)cc1N2c1cccc2oc3ccccc3c12. The van der Waals surface area contributed by atoms with Crippen LogP contribution in [0.5, 0.6) is 0 Å². The van der Waals surface area contributed by atoms with E-state index in [1.165, 1.54) is 81.3 Å². The second-order valence-corrected chi connectivity index (χ2v) is 18.1. The molecule has 0 spiro atoms. The van der Waals surface area contributed by atoms with Crippen LogP contribution < -0.4 is 21.3 Å². The van der Waals surface area contributed by atoms with E-state index in [0.29, 0.717) is 0 Å². The Kier molecular flexibility index (Phi) is 5.84. The van der Waals surface area contributed by atoms with Crippen molar-refractivity contribution in [1.82, 2.24) is 4.57 Å². The van der Waals surface area contributed by atoms with Gasteiger partial charge in [-0.2, -0.15) is 0 Å². The standard InChI is InChI=1S/C47H39BN2OS/c1-26-21-36-42-37(22-26)50-43-31(45-44(50)30-14-9-11-18-40(30)52-45)23-28(47(5,6)7)24-33(43)48(42)32-20-19-27(46(2,3)4)25-35(32)49(36)34-15-12-17-39-41(34)29-13-8-10-16-38(29)51-39/h8-25H,1-7H3. The van der Waals surface area contributed by atoms with Gasteiger partial charge in [-0.05, 0) is 99.4 Å². The molecule has 0 fully saturated rings. The number of rotatable bonds is 1. The molecule has 6 aromatic carbocycles. The molecule has 9 aromatic rings. The Labute approximate surface area is 308 Å². The topological polar surface area (TPSA) is 21.3 Å². The monoisotopic (exact) mass is 690 g/mol. The molecule has 2 aliphatic rings. The number of benzene rings is 6. The normalized spacial score (nSPS) is 14.0. The molecule has 5 heteroatoms. The minimum Gasteiger partial charge on any atom is -0.456 e. The Morgan fingerprint density at radius 2 is 1.31 bits per heavy atom. The average molecular weight is 691 g/mol. The Hall–Kier alpha value is -5.26. The van der Waals surface area contributed by atoms with E-state index in [0.717, 1.165) is 27.6 Å². The molecule has 0 amide bonds. The van der Waals surface area contributed by atoms with Crippen molar-refractivity contribution in [3.05, 3.63) is 126 Å². The smallest absolute Gasteiger partial charge is 0.252 e. The predicted molar refractivity (Wildman–Crippen MR) is 225 cm³/mol. The minimum atomic E-state index is -0.0147. The van der Waals surface area contributed by atoms with Crippen LogP contribution in [0.3, 0.4) is 0 Å². The van der Waals surface area contributed by atoms with Gasteiger partial charge >= 0.3 is 0 Å². The lowest BCUT2D eigenvalue weighted by atomic mass is 9.33. The van der Waals surface area contributed by atoms with Gasteiger partial charge in [0.15, 0.2) is 0 Å². The summed E-state index contributed by atoms with van der Waals surface area (Å²) in [6, 6.07) is 41.2. The van der Waals surface area contributed by atoms with Crippen molar-refractivity contribution < 1.29 is 4.42 Å². The lowest BCUT2D eigenvalue weighted by Gasteiger charge is -2.41. The van der Waals surface area contributed by atoms with Crippen molar-refractivity contribution in [2.75, 3.05) is 4.90 Å². The molecule has 0 saturated carbocycles. The van der Waals surface area contributed by atoms with E-state index in [9.17, 15) is 0 Å². The molecule has 0 aliphatic carbocycles. The summed E-state index contributed by atoms with van der Waals surface area (Å²) in [4.78, 5) is 2.57. The molecular weight excluding hydrogens is 651 g/mol. The zero-order valence-corrected chi connectivity index (χ0v) is 31.5. The average Bonchev–Trinajstić information content (AvgIpc) is 3.78. The van der Waals surface area contributed by atoms with Crippen molar-refractivity contribution >= 4 is 105 Å². The molecule has 0 atom stereocenters. The van der Waals surface area contributed by atoms with Crippen molar-refractivity contribution in [3.8, 4) is 5.69 Å². The second-order valence-electron chi connectivity index (χ2n) is 17.1. The maximum absolute atomic E-state index is 6.51. The van der Waals surface area contributed by atoms with Crippen LogP contribution in [0.15, 0.2) is 114 Å². The Morgan fingerprint density at radius 3 is 2.12 bits per heavy atom. The lowest BCUT2D eigenvalue weighted by Crippen LogP contribution is -2.60. The number of thiophene rings is 1. The number of aryl methyl sites for hydroxylation is 1. The Morgan fingerprint density at radius 1 is 0.577 bits per heavy atom. The van der Waals surface area contributed by atoms with E-state index in [2.05, 4.69) is 167 Å². The largest absolute Gasteiger partial charge is 0.456 e. The Bertz CT molecular complexity index is 3020. The quantitative estimate of drug-likeness (QED) is 0.160. The first kappa shape index (κ1) is 30.4. The summed E-state index contributed by atoms with van der Waals surface area (Å²) in [7, 11) is 0. The lowest BCUT2D eigenvalue weighted by molar-refractivity contribution is 0.590. The van der Waals surface area contributed by atoms with E-state index in [1.54, 1.807) is 0 Å². The molecule has 5 heterocycles. The fourth-order valence-corrected chi connectivity index (χ4v) is 10.4. The summed E-state index contributed by atoms with van der Waals surface area (Å²) >= 11 is 1.94. The number of aromatic nitrogens is 1. The zero-order chi connectivity index (χ0) is 35.4. The number of fused-ring (bicyclic) bond motifs is 12. The highest BCUT2D eigenvalue weighted by Crippen LogP contribution is 2.49. The summed E-state index contributed by atoms with van der Waals surface area (Å²) in [6.07, 6.45) is 0. The van der Waals surface area contributed by atoms with E-state index >= 15 is 0 Å². The maximum atomic E-state index is 6.51. The molecule has 2 aliphatic heterocycles. The third-order valence-corrected chi connectivity index (χ3v) is 12.9. The summed E-state index contributed by atoms with van der Waals surface area (Å²) in [5, 5.41) is 4.99. The van der Waals surface area contributed by atoms with Crippen LogP contribution in [-0.2, 0) is 10.8 Å². The molecule has 252 valence electrons. The van der Waals surface area contributed by atoms with Gasteiger partial charge in [0.25, 0.3) is 6.71 Å². The molecule has 52 heavy (non-hydrogen) atoms. The van der Waals surface area contributed by atoms with Crippen LogP contribution >= 0.6 is 11.3 Å². The highest BCUT2D eigenvalue weighted by Gasteiger charge is 2.44. The molecule has 0 unspecified atom stereocenters. The van der Waals surface area contributed by atoms with Gasteiger partial charge in [0, 0.05) is 37.9 Å². The van der Waals surface area contributed by atoms with Crippen LogP contribution in [0, 0.1) is 6.92 Å². The van der Waals surface area contributed by atoms with Gasteiger partial charge in [-0.15, -0.1) is 11.3 Å². The van der Waals surface area contributed by atoms with E-state index < -0.39 is 0 Å². The molecular formula is C47H39BN2OS. The number of nitrogens with zero attached hydrogens (tertiary/aromatic N) is 2. The molecule has 0 bridgehead atoms. The van der Waals surface area contributed by atoms with E-state index in [4.69, 9.17) is 4.42 Å². The van der Waals surface area contributed by atoms with Crippen molar-refractivity contribution in [3.63, 3.8) is 0 Å². The number of hydrogen-bond acceptors (Lipinski definition) is 3. The van der Waals surface area contributed by atoms with Crippen LogP contribution in [0.4, 0.5) is 17.1 Å². The molecule has 11 rings (SSSR count). The van der Waals surface area contributed by atoms with Gasteiger partial charge in [0.2, 0.25) is 0 Å². The third kappa shape index (κ3) is 3.92. The molecule has 0 radical (unpaired) electrons. The highest BCUT2D eigenvalue weighted by molar-refractivity contribution is 7.26.